The first-order valence-electron chi connectivity index (χ1n) is 25.1. The normalized spacial score (nSPS) is 11.3. The molecule has 6 aromatic carbocycles. The van der Waals surface area contributed by atoms with Gasteiger partial charge in [-0.2, -0.15) is 15.3 Å². The van der Waals surface area contributed by atoms with Gasteiger partial charge in [0.2, 0.25) is 17.7 Å². The van der Waals surface area contributed by atoms with Gasteiger partial charge in [-0.3, -0.25) is 28.4 Å². The maximum atomic E-state index is 13.0. The minimum absolute atomic E-state index is 0. The SMILES string of the molecule is COC(=O)c1ccccc1I.COC(=O)c1ccccc1NC(=O)C(N)Cn1ccc(-c2ccc(F)cc2)n1.NC(=O)C(N)Cn1ccc(-c2ccc(F)cc2)n1.NC(Cn1ccc(-c2ccc(F)cc2)n1)C(=O)Nc1ccccc1C(=O)O.[Li+].[OH-]. The predicted molar refractivity (Wildman–Crippen MR) is 317 cm³/mol. The maximum absolute atomic E-state index is 13.0. The molecule has 0 saturated heterocycles. The third kappa shape index (κ3) is 20.5. The van der Waals surface area contributed by atoms with Crippen LogP contribution in [0.15, 0.2) is 182 Å². The number of carbonyl (C=O) groups is 6. The Bertz CT molecular complexity index is 3700. The molecule has 3 unspecified atom stereocenters. The number of anilines is 2. The fourth-order valence-electron chi connectivity index (χ4n) is 7.42. The summed E-state index contributed by atoms with van der Waals surface area (Å²) in [5.41, 5.74) is 28.1. The van der Waals surface area contributed by atoms with E-state index in [0.29, 0.717) is 28.3 Å². The number of hydrogen-bond donors (Lipinski definition) is 7. The number of ether oxygens (including phenoxy) is 2. The Kier molecular flexibility index (Phi) is 27.3. The maximum Gasteiger partial charge on any atom is 1.00 e. The van der Waals surface area contributed by atoms with Crippen LogP contribution in [-0.4, -0.2) is 108 Å². The molecule has 3 aromatic heterocycles. The third-order valence-corrected chi connectivity index (χ3v) is 12.8. The van der Waals surface area contributed by atoms with Crippen LogP contribution in [0.2, 0.25) is 0 Å². The van der Waals surface area contributed by atoms with Crippen LogP contribution in [0.3, 0.4) is 0 Å². The molecule has 0 aliphatic heterocycles. The Balaban J connectivity index is 0.000000255. The van der Waals surface area contributed by atoms with E-state index in [-0.39, 0.29) is 84.2 Å². The van der Waals surface area contributed by atoms with Crippen LogP contribution in [0, 0.1) is 21.0 Å². The number of carboxylic acid groups (broad SMARTS) is 1. The molecule has 86 heavy (non-hydrogen) atoms. The van der Waals surface area contributed by atoms with Crippen molar-refractivity contribution in [2.75, 3.05) is 24.9 Å². The first-order valence-corrected chi connectivity index (χ1v) is 26.2. The molecule has 442 valence electrons. The van der Waals surface area contributed by atoms with Crippen molar-refractivity contribution in [3.05, 3.63) is 220 Å². The second-order valence-corrected chi connectivity index (χ2v) is 19.0. The van der Waals surface area contributed by atoms with E-state index in [4.69, 9.17) is 32.8 Å². The van der Waals surface area contributed by atoms with Crippen molar-refractivity contribution in [1.29, 1.82) is 0 Å². The van der Waals surface area contributed by atoms with E-state index in [1.165, 1.54) is 76.8 Å². The van der Waals surface area contributed by atoms with Gasteiger partial charge in [-0.15, -0.1) is 0 Å². The molecule has 3 amide bonds. The number of carboxylic acids is 1. The first kappa shape index (κ1) is 69.2. The number of nitrogens with one attached hydrogen (secondary N) is 2. The third-order valence-electron chi connectivity index (χ3n) is 11.8. The monoisotopic (exact) mass is 1280 g/mol. The molecule has 0 radical (unpaired) electrons. The molecule has 27 heteroatoms. The first-order chi connectivity index (χ1) is 40.2. The summed E-state index contributed by atoms with van der Waals surface area (Å²) in [6.45, 7) is 0.451. The minimum Gasteiger partial charge on any atom is -0.870 e. The Labute approximate surface area is 516 Å². The van der Waals surface area contributed by atoms with Gasteiger partial charge < -0.3 is 53.6 Å². The van der Waals surface area contributed by atoms with Crippen molar-refractivity contribution >= 4 is 69.6 Å². The number of methoxy groups -OCH3 is 2. The summed E-state index contributed by atoms with van der Waals surface area (Å²) in [5.74, 6) is -4.50. The molecule has 0 spiro atoms. The van der Waals surface area contributed by atoms with E-state index in [1.54, 1.807) is 116 Å². The summed E-state index contributed by atoms with van der Waals surface area (Å²) in [7, 11) is 2.65. The second kappa shape index (κ2) is 33.9. The fraction of sp³-hybridized carbons (Fsp3) is 0.136. The van der Waals surface area contributed by atoms with Gasteiger partial charge in [0.15, 0.2) is 0 Å². The van der Waals surface area contributed by atoms with Crippen LogP contribution < -0.4 is 52.4 Å². The number of halogens is 4. The van der Waals surface area contributed by atoms with Gasteiger partial charge in [-0.25, -0.2) is 27.6 Å². The molecule has 0 fully saturated rings. The van der Waals surface area contributed by atoms with E-state index in [2.05, 4.69) is 53.3 Å². The summed E-state index contributed by atoms with van der Waals surface area (Å²) in [6.07, 6.45) is 5.05. The minimum atomic E-state index is -1.14. The standard InChI is InChI=1S/C20H19FN4O3.C19H17FN4O3.C12H13FN4O.C8H7IO2.Li.H2O/c1-28-20(27)15-4-2-3-5-18(15)23-19(26)16(22)12-25-11-10-17(24-25)13-6-8-14(21)9-7-13;20-13-7-5-12(6-8-13)16-9-10-24(23-16)11-15(21)18(25)22-17-4-2-1-3-14(17)19(26)27;13-9-3-1-8(2-4-9)11-5-6-17(16-11)7-10(14)12(15)18;1-11-8(10)6-4-2-3-5-7(6)9;;/h2-11,16H,12,22H2,1H3,(H,23,26);1-10,15H,11,21H2,(H,22,25)(H,26,27);1-6,10H,7,14H2,(H2,15,18);2-5H,1H3;;1H2/q;;;;+1;/p-1. The number of nitrogens with two attached hydrogens (primary N) is 4. The molecule has 0 bridgehead atoms. The van der Waals surface area contributed by atoms with Gasteiger partial charge >= 0.3 is 36.8 Å². The number of amides is 3. The number of benzene rings is 6. The van der Waals surface area contributed by atoms with Crippen molar-refractivity contribution < 1.29 is 80.9 Å². The molecule has 0 saturated carbocycles. The Morgan fingerprint density at radius 3 is 1.16 bits per heavy atom. The van der Waals surface area contributed by atoms with E-state index < -0.39 is 47.8 Å². The molecule has 0 aliphatic rings. The van der Waals surface area contributed by atoms with Gasteiger partial charge in [-0.05, 0) is 150 Å². The predicted octanol–water partition coefficient (Wildman–Crippen LogP) is 4.20. The van der Waals surface area contributed by atoms with Crippen molar-refractivity contribution in [1.82, 2.24) is 29.3 Å². The average molecular weight is 1290 g/mol. The van der Waals surface area contributed by atoms with E-state index in [0.717, 1.165) is 20.3 Å². The van der Waals surface area contributed by atoms with Crippen LogP contribution in [0.5, 0.6) is 0 Å². The molecule has 9 aromatic rings. The average Bonchev–Trinajstić information content (AvgIpc) is 4.30. The quantitative estimate of drug-likeness (QED) is 0.0381. The topological polar surface area (TPSA) is 353 Å². The Morgan fingerprint density at radius 2 is 0.814 bits per heavy atom. The van der Waals surface area contributed by atoms with Gasteiger partial charge in [0.25, 0.3) is 0 Å². The zero-order valence-corrected chi connectivity index (χ0v) is 48.5. The number of esters is 2. The van der Waals surface area contributed by atoms with E-state index in [1.807, 2.05) is 18.2 Å². The molecule has 12 N–H and O–H groups in total. The zero-order chi connectivity index (χ0) is 60.9. The molecule has 3 atom stereocenters. The number of aromatic carboxylic acids is 1. The number of aromatic nitrogens is 6. The summed E-state index contributed by atoms with van der Waals surface area (Å²) < 4.78 is 53.6. The molecular weight excluding hydrogens is 1230 g/mol. The summed E-state index contributed by atoms with van der Waals surface area (Å²) in [4.78, 5) is 69.6. The van der Waals surface area contributed by atoms with Crippen molar-refractivity contribution in [3.8, 4) is 33.8 Å². The van der Waals surface area contributed by atoms with Gasteiger partial charge in [0.1, 0.15) is 35.6 Å². The zero-order valence-electron chi connectivity index (χ0n) is 46.3. The second-order valence-electron chi connectivity index (χ2n) is 17.8. The number of primary amides is 1. The van der Waals surface area contributed by atoms with Crippen LogP contribution in [0.4, 0.5) is 24.5 Å². The molecule has 3 heterocycles. The Hall–Kier alpha value is -9.27. The number of carbonyl (C=O) groups excluding carboxylic acids is 5. The van der Waals surface area contributed by atoms with Crippen molar-refractivity contribution in [2.24, 2.45) is 22.9 Å². The van der Waals surface area contributed by atoms with Crippen LogP contribution in [-0.2, 0) is 43.5 Å². The van der Waals surface area contributed by atoms with Gasteiger partial charge in [0, 0.05) is 38.9 Å². The summed E-state index contributed by atoms with van der Waals surface area (Å²) in [6, 6.07) is 40.4. The van der Waals surface area contributed by atoms with Crippen molar-refractivity contribution in [3.63, 3.8) is 0 Å². The van der Waals surface area contributed by atoms with E-state index >= 15 is 0 Å². The number of hydrogen-bond acceptors (Lipinski definition) is 15. The van der Waals surface area contributed by atoms with Crippen molar-refractivity contribution in [2.45, 2.75) is 37.8 Å². The summed E-state index contributed by atoms with van der Waals surface area (Å²) >= 11 is 2.10. The summed E-state index contributed by atoms with van der Waals surface area (Å²) in [5, 5.41) is 27.3. The Morgan fingerprint density at radius 1 is 0.500 bits per heavy atom. The molecule has 22 nitrogen and oxygen atoms in total. The van der Waals surface area contributed by atoms with Gasteiger partial charge in [-0.1, -0.05) is 36.4 Å². The molecule has 9 rings (SSSR count). The molecular formula is C59H57F3ILiN12O10. The molecule has 0 aliphatic carbocycles. The van der Waals surface area contributed by atoms with E-state index in [9.17, 15) is 41.9 Å². The number of para-hydroxylation sites is 2. The number of nitrogens with zero attached hydrogens (tertiary/aromatic N) is 6. The van der Waals surface area contributed by atoms with Crippen LogP contribution in [0.1, 0.15) is 31.1 Å². The number of rotatable bonds is 17. The van der Waals surface area contributed by atoms with Crippen LogP contribution >= 0.6 is 22.6 Å². The smallest absolute Gasteiger partial charge is 0.870 e. The van der Waals surface area contributed by atoms with Crippen LogP contribution in [0.25, 0.3) is 33.8 Å². The van der Waals surface area contributed by atoms with Gasteiger partial charge in [0.05, 0.1) is 79.0 Å². The fourth-order valence-corrected chi connectivity index (χ4v) is 8.03. The largest absolute Gasteiger partial charge is 1.00 e.